The number of pyridine rings is 1. The van der Waals surface area contributed by atoms with Crippen molar-refractivity contribution >= 4 is 17.1 Å². The van der Waals surface area contributed by atoms with E-state index >= 15 is 0 Å². The maximum absolute atomic E-state index is 6.30. The molecule has 2 heterocycles. The van der Waals surface area contributed by atoms with Crippen LogP contribution in [-0.4, -0.2) is 18.7 Å². The SMILES string of the molecule is CN1CN(c2cccc(Oc3cccc(-c4cc(-c5ccccc5)ccn4)c3)c2)c2ccccc21. The van der Waals surface area contributed by atoms with Crippen LogP contribution in [-0.2, 0) is 0 Å². The number of rotatable bonds is 5. The molecule has 6 rings (SSSR count). The van der Waals surface area contributed by atoms with Crippen LogP contribution in [0.2, 0.25) is 0 Å². The summed E-state index contributed by atoms with van der Waals surface area (Å²) in [5, 5.41) is 0. The van der Waals surface area contributed by atoms with Crippen LogP contribution in [0.25, 0.3) is 22.4 Å². The number of ether oxygens (including phenoxy) is 1. The fourth-order valence-corrected chi connectivity index (χ4v) is 4.57. The van der Waals surface area contributed by atoms with Crippen LogP contribution in [0.4, 0.5) is 17.1 Å². The monoisotopic (exact) mass is 455 g/mol. The van der Waals surface area contributed by atoms with E-state index in [1.54, 1.807) is 0 Å². The minimum absolute atomic E-state index is 0.783. The van der Waals surface area contributed by atoms with E-state index in [0.29, 0.717) is 0 Å². The molecular weight excluding hydrogens is 430 g/mol. The van der Waals surface area contributed by atoms with Crippen molar-refractivity contribution < 1.29 is 4.74 Å². The average molecular weight is 456 g/mol. The number of anilines is 3. The summed E-state index contributed by atoms with van der Waals surface area (Å²) in [6, 6.07) is 39.4. The highest BCUT2D eigenvalue weighted by atomic mass is 16.5. The second kappa shape index (κ2) is 8.99. The fourth-order valence-electron chi connectivity index (χ4n) is 4.57. The zero-order valence-corrected chi connectivity index (χ0v) is 19.5. The van der Waals surface area contributed by atoms with Crippen molar-refractivity contribution in [3.8, 4) is 33.9 Å². The summed E-state index contributed by atoms with van der Waals surface area (Å²) in [4.78, 5) is 9.17. The van der Waals surface area contributed by atoms with Crippen LogP contribution in [0.15, 0.2) is 121 Å². The Balaban J connectivity index is 1.26. The molecule has 170 valence electrons. The van der Waals surface area contributed by atoms with Gasteiger partial charge in [-0.2, -0.15) is 0 Å². The minimum atomic E-state index is 0.783. The van der Waals surface area contributed by atoms with Crippen LogP contribution in [0.5, 0.6) is 11.5 Å². The van der Waals surface area contributed by atoms with Gasteiger partial charge in [0.15, 0.2) is 0 Å². The lowest BCUT2D eigenvalue weighted by atomic mass is 10.0. The summed E-state index contributed by atoms with van der Waals surface area (Å²) in [6.45, 7) is 0.807. The van der Waals surface area contributed by atoms with Gasteiger partial charge in [0.1, 0.15) is 11.5 Å². The first-order chi connectivity index (χ1) is 17.2. The van der Waals surface area contributed by atoms with E-state index in [4.69, 9.17) is 4.74 Å². The molecule has 0 unspecified atom stereocenters. The molecular formula is C31H25N3O. The predicted octanol–water partition coefficient (Wildman–Crippen LogP) is 7.75. The van der Waals surface area contributed by atoms with Gasteiger partial charge in [-0.05, 0) is 59.7 Å². The lowest BCUT2D eigenvalue weighted by Gasteiger charge is -2.20. The maximum atomic E-state index is 6.30. The number of hydrogen-bond acceptors (Lipinski definition) is 4. The first-order valence-corrected chi connectivity index (χ1v) is 11.7. The Labute approximate surface area is 205 Å². The molecule has 0 amide bonds. The van der Waals surface area contributed by atoms with Gasteiger partial charge in [-0.25, -0.2) is 0 Å². The van der Waals surface area contributed by atoms with Crippen LogP contribution < -0.4 is 14.5 Å². The Hall–Kier alpha value is -4.57. The molecule has 0 spiro atoms. The van der Waals surface area contributed by atoms with Crippen LogP contribution >= 0.6 is 0 Å². The third-order valence-corrected chi connectivity index (χ3v) is 6.30. The summed E-state index contributed by atoms with van der Waals surface area (Å²) in [5.41, 5.74) is 7.80. The molecule has 1 aliphatic heterocycles. The molecule has 0 saturated carbocycles. The highest BCUT2D eigenvalue weighted by Gasteiger charge is 2.24. The molecule has 1 aliphatic rings. The van der Waals surface area contributed by atoms with Crippen LogP contribution in [0.3, 0.4) is 0 Å². The van der Waals surface area contributed by atoms with Gasteiger partial charge in [0.2, 0.25) is 0 Å². The number of benzene rings is 4. The molecule has 0 fully saturated rings. The third-order valence-electron chi connectivity index (χ3n) is 6.30. The van der Waals surface area contributed by atoms with E-state index < -0.39 is 0 Å². The van der Waals surface area contributed by atoms with Gasteiger partial charge >= 0.3 is 0 Å². The Morgan fingerprint density at radius 2 is 1.34 bits per heavy atom. The molecule has 1 aromatic heterocycles. The predicted molar refractivity (Wildman–Crippen MR) is 143 cm³/mol. The van der Waals surface area contributed by atoms with E-state index in [9.17, 15) is 0 Å². The molecule has 0 aliphatic carbocycles. The highest BCUT2D eigenvalue weighted by Crippen LogP contribution is 2.40. The second-order valence-corrected chi connectivity index (χ2v) is 8.68. The summed E-state index contributed by atoms with van der Waals surface area (Å²) >= 11 is 0. The van der Waals surface area contributed by atoms with Gasteiger partial charge in [0, 0.05) is 30.6 Å². The molecule has 35 heavy (non-hydrogen) atoms. The maximum Gasteiger partial charge on any atom is 0.129 e. The number of fused-ring (bicyclic) bond motifs is 1. The number of hydrogen-bond donors (Lipinski definition) is 0. The van der Waals surface area contributed by atoms with E-state index in [0.717, 1.165) is 40.7 Å². The van der Waals surface area contributed by atoms with Gasteiger partial charge in [0.05, 0.1) is 23.7 Å². The first kappa shape index (κ1) is 21.0. The molecule has 0 radical (unpaired) electrons. The van der Waals surface area contributed by atoms with Gasteiger partial charge in [-0.3, -0.25) is 4.98 Å². The summed E-state index contributed by atoms with van der Waals surface area (Å²) in [6.07, 6.45) is 1.86. The topological polar surface area (TPSA) is 28.6 Å². The Morgan fingerprint density at radius 1 is 0.629 bits per heavy atom. The molecule has 0 atom stereocenters. The van der Waals surface area contributed by atoms with E-state index in [1.807, 2.05) is 48.7 Å². The quantitative estimate of drug-likeness (QED) is 0.271. The standard InChI is InChI=1S/C31H25N3O/c1-33-22-34(31-16-6-5-15-30(31)33)26-12-8-14-28(21-26)35-27-13-7-11-25(19-27)29-20-24(17-18-32-29)23-9-3-2-4-10-23/h2-21H,22H2,1H3. The molecule has 4 aromatic carbocycles. The lowest BCUT2D eigenvalue weighted by Crippen LogP contribution is -2.23. The van der Waals surface area contributed by atoms with Crippen LogP contribution in [0, 0.1) is 0 Å². The van der Waals surface area contributed by atoms with Crippen molar-refractivity contribution in [3.05, 3.63) is 121 Å². The average Bonchev–Trinajstić information content (AvgIpc) is 3.26. The Bertz CT molecular complexity index is 1480. The Morgan fingerprint density at radius 3 is 2.20 bits per heavy atom. The summed E-state index contributed by atoms with van der Waals surface area (Å²) in [5.74, 6) is 1.59. The molecule has 4 nitrogen and oxygen atoms in total. The molecule has 0 bridgehead atoms. The van der Waals surface area contributed by atoms with Crippen LogP contribution in [0.1, 0.15) is 0 Å². The molecule has 5 aromatic rings. The molecule has 4 heteroatoms. The molecule has 0 saturated heterocycles. The van der Waals surface area contributed by atoms with Gasteiger partial charge in [0.25, 0.3) is 0 Å². The number of para-hydroxylation sites is 2. The van der Waals surface area contributed by atoms with Crippen molar-refractivity contribution in [1.29, 1.82) is 0 Å². The minimum Gasteiger partial charge on any atom is -0.457 e. The van der Waals surface area contributed by atoms with Crippen molar-refractivity contribution in [2.75, 3.05) is 23.5 Å². The normalized spacial score (nSPS) is 12.5. The zero-order valence-electron chi connectivity index (χ0n) is 19.5. The van der Waals surface area contributed by atoms with Gasteiger partial charge in [-0.15, -0.1) is 0 Å². The summed E-state index contributed by atoms with van der Waals surface area (Å²) in [7, 11) is 2.12. The van der Waals surface area contributed by atoms with E-state index in [2.05, 4.69) is 94.6 Å². The van der Waals surface area contributed by atoms with Gasteiger partial charge < -0.3 is 14.5 Å². The third kappa shape index (κ3) is 4.22. The van der Waals surface area contributed by atoms with E-state index in [-0.39, 0.29) is 0 Å². The second-order valence-electron chi connectivity index (χ2n) is 8.68. The fraction of sp³-hybridized carbons (Fsp3) is 0.0645. The first-order valence-electron chi connectivity index (χ1n) is 11.7. The number of nitrogens with zero attached hydrogens (tertiary/aromatic N) is 3. The van der Waals surface area contributed by atoms with Crippen molar-refractivity contribution in [2.45, 2.75) is 0 Å². The van der Waals surface area contributed by atoms with Gasteiger partial charge in [-0.1, -0.05) is 60.7 Å². The van der Waals surface area contributed by atoms with Crippen molar-refractivity contribution in [2.24, 2.45) is 0 Å². The van der Waals surface area contributed by atoms with Crippen molar-refractivity contribution in [1.82, 2.24) is 4.98 Å². The summed E-state index contributed by atoms with van der Waals surface area (Å²) < 4.78 is 6.30. The number of aromatic nitrogens is 1. The zero-order chi connectivity index (χ0) is 23.6. The smallest absolute Gasteiger partial charge is 0.129 e. The highest BCUT2D eigenvalue weighted by molar-refractivity contribution is 5.82. The molecule has 0 N–H and O–H groups in total. The van der Waals surface area contributed by atoms with Crippen molar-refractivity contribution in [3.63, 3.8) is 0 Å². The largest absolute Gasteiger partial charge is 0.457 e. The van der Waals surface area contributed by atoms with E-state index in [1.165, 1.54) is 16.9 Å². The Kier molecular flexibility index (Phi) is 5.39. The lowest BCUT2D eigenvalue weighted by molar-refractivity contribution is 0.483.